The van der Waals surface area contributed by atoms with Crippen LogP contribution in [0.15, 0.2) is 6.07 Å². The van der Waals surface area contributed by atoms with Crippen molar-refractivity contribution in [1.82, 2.24) is 4.85 Å². The lowest BCUT2D eigenvalue weighted by Crippen LogP contribution is -2.33. The van der Waals surface area contributed by atoms with E-state index in [1.165, 1.54) is 13.8 Å². The summed E-state index contributed by atoms with van der Waals surface area (Å²) in [7, 11) is 0. The summed E-state index contributed by atoms with van der Waals surface area (Å²) in [4.78, 5) is 20.7. The first-order valence-electron chi connectivity index (χ1n) is 3.43. The summed E-state index contributed by atoms with van der Waals surface area (Å²) in [5.74, 6) is 0. The van der Waals surface area contributed by atoms with Crippen LogP contribution in [0.5, 0.6) is 0 Å². The van der Waals surface area contributed by atoms with Crippen LogP contribution in [0.4, 0.5) is 5.69 Å². The van der Waals surface area contributed by atoms with Crippen molar-refractivity contribution in [2.75, 3.05) is 0 Å². The van der Waals surface area contributed by atoms with Crippen molar-refractivity contribution < 1.29 is 9.47 Å². The van der Waals surface area contributed by atoms with Crippen LogP contribution in [0.3, 0.4) is 0 Å². The molecule has 0 saturated carbocycles. The quantitative estimate of drug-likeness (QED) is 0.356. The van der Waals surface area contributed by atoms with Crippen LogP contribution in [-0.2, 0) is 0 Å². The maximum atomic E-state index is 11.0. The zero-order chi connectivity index (χ0) is 10.2. The van der Waals surface area contributed by atoms with Crippen LogP contribution in [0.25, 0.3) is 0 Å². The summed E-state index contributed by atoms with van der Waals surface area (Å²) >= 11 is 0. The fourth-order valence-corrected chi connectivity index (χ4v) is 0.920. The molecule has 7 nitrogen and oxygen atoms in total. The summed E-state index contributed by atoms with van der Waals surface area (Å²) in [5.41, 5.74) is -0.572. The number of nitro groups is 1. The van der Waals surface area contributed by atoms with E-state index in [0.717, 1.165) is 6.07 Å². The third kappa shape index (κ3) is 1.35. The van der Waals surface area contributed by atoms with Gasteiger partial charge in [-0.25, -0.2) is 0 Å². The molecule has 1 aromatic heterocycles. The van der Waals surface area contributed by atoms with Gasteiger partial charge >= 0.3 is 11.4 Å². The minimum Gasteiger partial charge on any atom is -0.755 e. The molecule has 1 heterocycles. The van der Waals surface area contributed by atoms with Crippen molar-refractivity contribution in [2.45, 2.75) is 13.8 Å². The van der Waals surface area contributed by atoms with Crippen molar-refractivity contribution in [3.8, 4) is 0 Å². The molecule has 0 bridgehead atoms. The number of nitrogens with zero attached hydrogens (tertiary/aromatic N) is 3. The zero-order valence-corrected chi connectivity index (χ0v) is 7.05. The molecule has 0 aliphatic carbocycles. The van der Waals surface area contributed by atoms with Crippen LogP contribution in [0, 0.1) is 34.1 Å². The Hall–Kier alpha value is -1.92. The summed E-state index contributed by atoms with van der Waals surface area (Å²) in [6.45, 7) is 2.55. The van der Waals surface area contributed by atoms with E-state index in [0.29, 0.717) is 0 Å². The molecule has 0 saturated heterocycles. The van der Waals surface area contributed by atoms with E-state index in [4.69, 9.17) is 0 Å². The Morgan fingerprint density at radius 1 is 1.54 bits per heavy atom. The average molecular weight is 185 g/mol. The predicted molar refractivity (Wildman–Crippen MR) is 42.7 cm³/mol. The molecule has 0 N–H and O–H groups in total. The molecule has 0 atom stereocenters. The summed E-state index contributed by atoms with van der Waals surface area (Å²) in [6.07, 6.45) is 0. The lowest BCUT2D eigenvalue weighted by atomic mass is 10.3. The second-order valence-corrected chi connectivity index (χ2v) is 2.56. The Bertz CT molecular complexity index is 423. The number of rotatable bonds is 1. The molecule has 0 aliphatic rings. The van der Waals surface area contributed by atoms with E-state index in [2.05, 4.69) is 0 Å². The first-order valence-corrected chi connectivity index (χ1v) is 3.43. The number of aromatic nitrogens is 2. The van der Waals surface area contributed by atoms with Crippen LogP contribution < -0.4 is 4.54 Å². The monoisotopic (exact) mass is 185 g/mol. The van der Waals surface area contributed by atoms with Gasteiger partial charge in [0.1, 0.15) is 0 Å². The van der Waals surface area contributed by atoms with Gasteiger partial charge in [0.05, 0.1) is 15.5 Å². The van der Waals surface area contributed by atoms with Crippen molar-refractivity contribution in [3.63, 3.8) is 0 Å². The topological polar surface area (TPSA) is 94.1 Å². The Balaban J connectivity index is 3.60. The molecule has 0 amide bonds. The largest absolute Gasteiger partial charge is 0.755 e. The van der Waals surface area contributed by atoms with Crippen molar-refractivity contribution in [2.24, 2.45) is 0 Å². The van der Waals surface area contributed by atoms with Crippen LogP contribution in [-0.4, -0.2) is 9.77 Å². The normalized spacial score (nSPS) is 10.0. The van der Waals surface area contributed by atoms with Gasteiger partial charge in [-0.15, -0.1) is 4.85 Å². The molecule has 7 heteroatoms. The average Bonchev–Trinajstić information content (AvgIpc) is 2.07. The second kappa shape index (κ2) is 2.85. The first-order chi connectivity index (χ1) is 5.95. The zero-order valence-electron chi connectivity index (χ0n) is 7.05. The van der Waals surface area contributed by atoms with E-state index >= 15 is 0 Å². The molecule has 0 radical (unpaired) electrons. The van der Waals surface area contributed by atoms with Gasteiger partial charge in [0, 0.05) is 13.0 Å². The highest BCUT2D eigenvalue weighted by molar-refractivity contribution is 5.31. The first kappa shape index (κ1) is 9.17. The van der Waals surface area contributed by atoms with Gasteiger partial charge in [0.2, 0.25) is 0 Å². The summed E-state index contributed by atoms with van der Waals surface area (Å²) in [5, 5.41) is 21.3. The maximum Gasteiger partial charge on any atom is 0.345 e. The van der Waals surface area contributed by atoms with Crippen molar-refractivity contribution in [1.29, 1.82) is 0 Å². The van der Waals surface area contributed by atoms with Gasteiger partial charge in [0.15, 0.2) is 4.54 Å². The van der Waals surface area contributed by atoms with E-state index in [1.807, 2.05) is 0 Å². The number of aryl methyl sites for hydroxylation is 1. The molecular formula is C6H7N3O4. The van der Waals surface area contributed by atoms with Gasteiger partial charge in [-0.1, -0.05) is 0 Å². The lowest BCUT2D eigenvalue weighted by Gasteiger charge is -2.03. The SMILES string of the molecule is Cc1cc([N+](=O)[O-])c(C)[n+](=O)n1[O-]. The van der Waals surface area contributed by atoms with Gasteiger partial charge in [-0.05, 0) is 6.92 Å². The molecule has 1 aromatic rings. The van der Waals surface area contributed by atoms with Gasteiger partial charge < -0.3 is 5.21 Å². The standard InChI is InChI=1S/C6H7N3O4/c1-4-3-6(9(12)13)5(2)8(11)7(4)10/h3H,1-2H3. The highest BCUT2D eigenvalue weighted by Crippen LogP contribution is 2.13. The van der Waals surface area contributed by atoms with E-state index in [9.17, 15) is 20.2 Å². The smallest absolute Gasteiger partial charge is 0.345 e. The van der Waals surface area contributed by atoms with Crippen molar-refractivity contribution >= 4 is 5.69 Å². The van der Waals surface area contributed by atoms with Gasteiger partial charge in [-0.2, -0.15) is 0 Å². The second-order valence-electron chi connectivity index (χ2n) is 2.56. The molecule has 0 unspecified atom stereocenters. The third-order valence-corrected chi connectivity index (χ3v) is 1.67. The lowest BCUT2D eigenvalue weighted by molar-refractivity contribution is -0.600. The van der Waals surface area contributed by atoms with Gasteiger partial charge in [-0.3, -0.25) is 10.1 Å². The molecule has 0 aliphatic heterocycles. The number of hydrogen-bond acceptors (Lipinski definition) is 4. The Kier molecular flexibility index (Phi) is 2.01. The maximum absolute atomic E-state index is 11.0. The Morgan fingerprint density at radius 3 is 2.54 bits per heavy atom. The van der Waals surface area contributed by atoms with E-state index < -0.39 is 4.92 Å². The van der Waals surface area contributed by atoms with Crippen molar-refractivity contribution in [3.05, 3.63) is 37.7 Å². The molecule has 70 valence electrons. The molecule has 13 heavy (non-hydrogen) atoms. The third-order valence-electron chi connectivity index (χ3n) is 1.67. The minimum atomic E-state index is -0.698. The molecule has 1 rings (SSSR count). The van der Waals surface area contributed by atoms with E-state index in [1.54, 1.807) is 0 Å². The fraction of sp³-hybridized carbons (Fsp3) is 0.333. The molecular weight excluding hydrogens is 178 g/mol. The summed E-state index contributed by atoms with van der Waals surface area (Å²) < 4.78 is -0.0481. The highest BCUT2D eigenvalue weighted by atomic mass is 16.6. The Morgan fingerprint density at radius 2 is 2.08 bits per heavy atom. The van der Waals surface area contributed by atoms with Crippen LogP contribution in [0.2, 0.25) is 0 Å². The van der Waals surface area contributed by atoms with Crippen LogP contribution in [0.1, 0.15) is 11.4 Å². The van der Waals surface area contributed by atoms with Gasteiger partial charge in [0.25, 0.3) is 0 Å². The molecule has 0 aromatic carbocycles. The molecule has 0 fully saturated rings. The highest BCUT2D eigenvalue weighted by Gasteiger charge is 2.22. The predicted octanol–water partition coefficient (Wildman–Crippen LogP) is 0.274. The van der Waals surface area contributed by atoms with Crippen LogP contribution >= 0.6 is 0 Å². The minimum absolute atomic E-state index is 0.00713. The Labute approximate surface area is 72.5 Å². The summed E-state index contributed by atoms with van der Waals surface area (Å²) in [6, 6.07) is 1.07. The molecule has 0 spiro atoms. The fourth-order valence-electron chi connectivity index (χ4n) is 0.920. The number of hydrogen-bond donors (Lipinski definition) is 0. The van der Waals surface area contributed by atoms with E-state index in [-0.39, 0.29) is 26.5 Å².